The van der Waals surface area contributed by atoms with Gasteiger partial charge in [0.2, 0.25) is 0 Å². The first kappa shape index (κ1) is 17.7. The molecule has 0 unspecified atom stereocenters. The minimum Gasteiger partial charge on any atom is -0.383 e. The van der Waals surface area contributed by atoms with Gasteiger partial charge in [0.25, 0.3) is 0 Å². The van der Waals surface area contributed by atoms with Crippen molar-refractivity contribution in [3.05, 3.63) is 66.4 Å². The van der Waals surface area contributed by atoms with Crippen molar-refractivity contribution in [2.75, 3.05) is 12.8 Å². The molecule has 6 nitrogen and oxygen atoms in total. The van der Waals surface area contributed by atoms with Crippen molar-refractivity contribution in [2.45, 2.75) is 20.1 Å². The molecule has 3 heterocycles. The average Bonchev–Trinajstić information content (AvgIpc) is 3.26. The van der Waals surface area contributed by atoms with Crippen LogP contribution in [0.25, 0.3) is 38.7 Å². The molecule has 2 aromatic carbocycles. The molecular weight excluding hydrogens is 364 g/mol. The Kier molecular flexibility index (Phi) is 4.23. The number of nitrogens with two attached hydrogens (primary N) is 1. The highest BCUT2D eigenvalue weighted by Gasteiger charge is 2.15. The first-order valence-corrected chi connectivity index (χ1v) is 9.64. The molecule has 0 aliphatic heterocycles. The number of benzene rings is 2. The lowest BCUT2D eigenvalue weighted by atomic mass is 10.1. The number of aryl methyl sites for hydroxylation is 1. The summed E-state index contributed by atoms with van der Waals surface area (Å²) in [5, 5.41) is 2.46. The second kappa shape index (κ2) is 6.92. The van der Waals surface area contributed by atoms with Crippen LogP contribution in [0.15, 0.2) is 60.8 Å². The third-order valence-electron chi connectivity index (χ3n) is 5.43. The van der Waals surface area contributed by atoms with E-state index in [0.29, 0.717) is 12.4 Å². The minimum absolute atomic E-state index is 0.359. The smallest absolute Gasteiger partial charge is 0.139 e. The maximum atomic E-state index is 6.45. The number of imidazole rings is 1. The van der Waals surface area contributed by atoms with Gasteiger partial charge in [-0.3, -0.25) is 4.40 Å². The molecule has 0 saturated carbocycles. The Balaban J connectivity index is 1.68. The van der Waals surface area contributed by atoms with E-state index in [1.807, 2.05) is 22.7 Å². The zero-order valence-corrected chi connectivity index (χ0v) is 16.4. The van der Waals surface area contributed by atoms with Crippen LogP contribution in [0.2, 0.25) is 0 Å². The molecule has 0 radical (unpaired) electrons. The molecule has 3 aromatic heterocycles. The van der Waals surface area contributed by atoms with Crippen molar-refractivity contribution in [1.29, 1.82) is 0 Å². The lowest BCUT2D eigenvalue weighted by molar-refractivity contribution is -0.282. The molecule has 0 aliphatic rings. The predicted octanol–water partition coefficient (Wildman–Crippen LogP) is 4.79. The minimum atomic E-state index is 0.359. The fourth-order valence-corrected chi connectivity index (χ4v) is 4.08. The molecule has 5 rings (SSSR count). The summed E-state index contributed by atoms with van der Waals surface area (Å²) >= 11 is 0. The van der Waals surface area contributed by atoms with Crippen molar-refractivity contribution in [3.63, 3.8) is 0 Å². The number of nitrogens with zero attached hydrogens (tertiary/aromatic N) is 3. The number of hydrogen-bond acceptors (Lipinski definition) is 4. The summed E-state index contributed by atoms with van der Waals surface area (Å²) in [6.45, 7) is 3.45. The number of pyridine rings is 1. The summed E-state index contributed by atoms with van der Waals surface area (Å²) in [6.07, 6.45) is 1.91. The maximum absolute atomic E-state index is 6.45. The molecule has 0 atom stereocenters. The topological polar surface area (TPSA) is 66.7 Å². The summed E-state index contributed by atoms with van der Waals surface area (Å²) in [4.78, 5) is 14.5. The Morgan fingerprint density at radius 2 is 1.83 bits per heavy atom. The Morgan fingerprint density at radius 3 is 2.66 bits per heavy atom. The van der Waals surface area contributed by atoms with Gasteiger partial charge in [-0.2, -0.15) is 0 Å². The molecule has 0 aliphatic carbocycles. The van der Waals surface area contributed by atoms with Crippen molar-refractivity contribution in [2.24, 2.45) is 0 Å². The largest absolute Gasteiger partial charge is 0.383 e. The quantitative estimate of drug-likeness (QED) is 0.348. The van der Waals surface area contributed by atoms with E-state index in [4.69, 9.17) is 15.6 Å². The van der Waals surface area contributed by atoms with Gasteiger partial charge in [0.15, 0.2) is 0 Å². The monoisotopic (exact) mass is 386 g/mol. The number of nitrogen functional groups attached to an aromatic ring is 1. The summed E-state index contributed by atoms with van der Waals surface area (Å²) in [6, 6.07) is 18.9. The number of fused-ring (bicyclic) bond motifs is 4. The van der Waals surface area contributed by atoms with Crippen LogP contribution in [0, 0.1) is 0 Å². The highest BCUT2D eigenvalue weighted by atomic mass is 17.2. The zero-order chi connectivity index (χ0) is 20.0. The lowest BCUT2D eigenvalue weighted by Crippen LogP contribution is -1.96. The van der Waals surface area contributed by atoms with Crippen LogP contribution in [0.1, 0.15) is 12.5 Å². The third kappa shape index (κ3) is 2.76. The van der Waals surface area contributed by atoms with E-state index in [1.54, 1.807) is 0 Å². The molecule has 0 amide bonds. The molecule has 0 saturated heterocycles. The normalized spacial score (nSPS) is 11.8. The van der Waals surface area contributed by atoms with Crippen molar-refractivity contribution in [3.8, 4) is 11.3 Å². The van der Waals surface area contributed by atoms with Gasteiger partial charge in [0.1, 0.15) is 23.8 Å². The van der Waals surface area contributed by atoms with Gasteiger partial charge in [0.05, 0.1) is 7.11 Å². The maximum Gasteiger partial charge on any atom is 0.139 e. The van der Waals surface area contributed by atoms with Gasteiger partial charge in [-0.15, -0.1) is 0 Å². The highest BCUT2D eigenvalue weighted by molar-refractivity contribution is 6.09. The first-order chi connectivity index (χ1) is 14.2. The van der Waals surface area contributed by atoms with Crippen LogP contribution in [-0.2, 0) is 22.9 Å². The van der Waals surface area contributed by atoms with Crippen LogP contribution in [-0.4, -0.2) is 21.1 Å². The first-order valence-electron chi connectivity index (χ1n) is 9.64. The molecular formula is C23H22N4O2. The number of anilines is 1. The third-order valence-corrected chi connectivity index (χ3v) is 5.43. The van der Waals surface area contributed by atoms with Crippen LogP contribution < -0.4 is 5.73 Å². The Labute approximate surface area is 168 Å². The summed E-state index contributed by atoms with van der Waals surface area (Å²) in [5.74, 6) is 0.623. The van der Waals surface area contributed by atoms with Gasteiger partial charge in [-0.25, -0.2) is 14.8 Å². The van der Waals surface area contributed by atoms with Crippen LogP contribution >= 0.6 is 0 Å². The number of para-hydroxylation sites is 1. The molecule has 2 N–H and O–H groups in total. The van der Waals surface area contributed by atoms with Gasteiger partial charge < -0.3 is 10.3 Å². The van der Waals surface area contributed by atoms with Crippen LogP contribution in [0.5, 0.6) is 0 Å². The standard InChI is InChI=1S/C23H22N4O2/c1-3-26-19-7-5-4-6-17(19)18-13-16(8-9-20(18)26)22-23(24)27-11-10-15(14-29-28-2)12-21(27)25-22/h4-13H,3,14,24H2,1-2H3. The van der Waals surface area contributed by atoms with Gasteiger partial charge >= 0.3 is 0 Å². The molecule has 29 heavy (non-hydrogen) atoms. The van der Waals surface area contributed by atoms with E-state index in [1.165, 1.54) is 28.9 Å². The number of hydrogen-bond donors (Lipinski definition) is 1. The highest BCUT2D eigenvalue weighted by Crippen LogP contribution is 2.34. The predicted molar refractivity (Wildman–Crippen MR) is 116 cm³/mol. The molecule has 146 valence electrons. The summed E-state index contributed by atoms with van der Waals surface area (Å²) in [7, 11) is 1.50. The molecule has 5 aromatic rings. The van der Waals surface area contributed by atoms with Gasteiger partial charge in [-0.1, -0.05) is 24.3 Å². The molecule has 0 fully saturated rings. The fraction of sp³-hybridized carbons (Fsp3) is 0.174. The molecule has 6 heteroatoms. The van der Waals surface area contributed by atoms with Crippen LogP contribution in [0.4, 0.5) is 5.82 Å². The molecule has 0 spiro atoms. The van der Waals surface area contributed by atoms with Gasteiger partial charge in [0, 0.05) is 40.1 Å². The molecule has 0 bridgehead atoms. The van der Waals surface area contributed by atoms with E-state index in [0.717, 1.165) is 29.0 Å². The van der Waals surface area contributed by atoms with E-state index < -0.39 is 0 Å². The second-order valence-corrected chi connectivity index (χ2v) is 7.03. The van der Waals surface area contributed by atoms with Crippen molar-refractivity contribution < 1.29 is 9.78 Å². The second-order valence-electron chi connectivity index (χ2n) is 7.03. The van der Waals surface area contributed by atoms with Crippen molar-refractivity contribution >= 4 is 33.3 Å². The zero-order valence-electron chi connectivity index (χ0n) is 16.4. The fourth-order valence-electron chi connectivity index (χ4n) is 4.08. The lowest BCUT2D eigenvalue weighted by Gasteiger charge is -2.04. The SMILES string of the molecule is CCn1c2ccccc2c2cc(-c3nc4cc(COOC)ccn4c3N)ccc21. The van der Waals surface area contributed by atoms with E-state index >= 15 is 0 Å². The van der Waals surface area contributed by atoms with Crippen molar-refractivity contribution in [1.82, 2.24) is 14.0 Å². The summed E-state index contributed by atoms with van der Waals surface area (Å²) in [5.41, 5.74) is 12.5. The number of rotatable bonds is 5. The Hall–Kier alpha value is -3.35. The number of aromatic nitrogens is 3. The summed E-state index contributed by atoms with van der Waals surface area (Å²) < 4.78 is 4.23. The Bertz CT molecular complexity index is 1350. The van der Waals surface area contributed by atoms with E-state index in [9.17, 15) is 0 Å². The van der Waals surface area contributed by atoms with Crippen LogP contribution in [0.3, 0.4) is 0 Å². The Morgan fingerprint density at radius 1 is 1.00 bits per heavy atom. The van der Waals surface area contributed by atoms with E-state index in [-0.39, 0.29) is 0 Å². The van der Waals surface area contributed by atoms with E-state index in [2.05, 4.69) is 58.8 Å². The average molecular weight is 386 g/mol. The van der Waals surface area contributed by atoms with Gasteiger partial charge in [-0.05, 0) is 42.8 Å².